The summed E-state index contributed by atoms with van der Waals surface area (Å²) < 4.78 is 28.6. The van der Waals surface area contributed by atoms with E-state index in [0.717, 1.165) is 25.7 Å². The molecule has 1 fully saturated rings. The fourth-order valence-electron chi connectivity index (χ4n) is 2.33. The van der Waals surface area contributed by atoms with Crippen molar-refractivity contribution < 1.29 is 8.42 Å². The summed E-state index contributed by atoms with van der Waals surface area (Å²) in [5.74, 6) is 0.717. The molecule has 1 N–H and O–H groups in total. The summed E-state index contributed by atoms with van der Waals surface area (Å²) in [5, 5.41) is 0.0731. The van der Waals surface area contributed by atoms with Crippen molar-refractivity contribution in [3.63, 3.8) is 0 Å². The van der Waals surface area contributed by atoms with Crippen LogP contribution in [0.15, 0.2) is 17.6 Å². The van der Waals surface area contributed by atoms with Gasteiger partial charge in [0.15, 0.2) is 5.03 Å². The van der Waals surface area contributed by atoms with Gasteiger partial charge in [-0.2, -0.15) is 0 Å². The molecular weight excluding hydrogens is 274 g/mol. The van der Waals surface area contributed by atoms with Crippen molar-refractivity contribution in [3.05, 3.63) is 12.5 Å². The molecule has 102 valence electrons. The van der Waals surface area contributed by atoms with Crippen LogP contribution in [0.5, 0.6) is 0 Å². The van der Waals surface area contributed by atoms with Gasteiger partial charge >= 0.3 is 0 Å². The first kappa shape index (κ1) is 13.8. The van der Waals surface area contributed by atoms with Crippen molar-refractivity contribution in [3.8, 4) is 0 Å². The van der Waals surface area contributed by atoms with Gasteiger partial charge in [-0.15, -0.1) is 11.6 Å². The maximum atomic E-state index is 12.1. The predicted octanol–water partition coefficient (Wildman–Crippen LogP) is 1.50. The minimum absolute atomic E-state index is 0.0664. The second kappa shape index (κ2) is 5.59. The Bertz CT molecular complexity index is 500. The number of hydrogen-bond donors (Lipinski definition) is 1. The average molecular weight is 292 g/mol. The van der Waals surface area contributed by atoms with Crippen molar-refractivity contribution >= 4 is 21.6 Å². The van der Waals surface area contributed by atoms with Gasteiger partial charge in [-0.1, -0.05) is 12.8 Å². The fourth-order valence-corrected chi connectivity index (χ4v) is 4.02. The second-order valence-electron chi connectivity index (χ2n) is 4.80. The molecule has 2 unspecified atom stereocenters. The molecule has 2 rings (SSSR count). The van der Waals surface area contributed by atoms with E-state index < -0.39 is 10.0 Å². The Labute approximate surface area is 113 Å². The van der Waals surface area contributed by atoms with E-state index in [1.165, 1.54) is 12.5 Å². The first-order chi connectivity index (χ1) is 8.53. The van der Waals surface area contributed by atoms with Gasteiger partial charge in [0.05, 0.1) is 6.33 Å². The lowest BCUT2D eigenvalue weighted by atomic mass is 9.86. The van der Waals surface area contributed by atoms with Crippen LogP contribution < -0.4 is 4.72 Å². The SMILES string of the molecule is Cn1cnc(S(=O)(=O)NC2CCCCC2CCl)c1. The van der Waals surface area contributed by atoms with E-state index in [-0.39, 0.29) is 17.0 Å². The van der Waals surface area contributed by atoms with Gasteiger partial charge in [0, 0.05) is 25.2 Å². The maximum Gasteiger partial charge on any atom is 0.259 e. The van der Waals surface area contributed by atoms with E-state index in [1.807, 2.05) is 0 Å². The summed E-state index contributed by atoms with van der Waals surface area (Å²) in [6.45, 7) is 0. The zero-order chi connectivity index (χ0) is 13.2. The summed E-state index contributed by atoms with van der Waals surface area (Å²) in [5.41, 5.74) is 0. The Kier molecular flexibility index (Phi) is 4.29. The van der Waals surface area contributed by atoms with Crippen molar-refractivity contribution in [1.29, 1.82) is 0 Å². The van der Waals surface area contributed by atoms with Gasteiger partial charge in [-0.05, 0) is 18.8 Å². The molecule has 0 spiro atoms. The monoisotopic (exact) mass is 291 g/mol. The number of imidazole rings is 1. The standard InChI is InChI=1S/C11H18ClN3O2S/c1-15-7-11(13-8-15)18(16,17)14-10-5-3-2-4-9(10)6-12/h7-10,14H,2-6H2,1H3. The molecule has 2 atom stereocenters. The Morgan fingerprint density at radius 1 is 1.50 bits per heavy atom. The van der Waals surface area contributed by atoms with Crippen LogP contribution in [0.25, 0.3) is 0 Å². The van der Waals surface area contributed by atoms with E-state index >= 15 is 0 Å². The maximum absolute atomic E-state index is 12.1. The van der Waals surface area contributed by atoms with Crippen LogP contribution in [-0.4, -0.2) is 29.9 Å². The van der Waals surface area contributed by atoms with Crippen LogP contribution in [0.3, 0.4) is 0 Å². The van der Waals surface area contributed by atoms with Gasteiger partial charge in [0.25, 0.3) is 10.0 Å². The van der Waals surface area contributed by atoms with Crippen LogP contribution in [0.1, 0.15) is 25.7 Å². The van der Waals surface area contributed by atoms with E-state index in [4.69, 9.17) is 11.6 Å². The van der Waals surface area contributed by atoms with Crippen LogP contribution in [0, 0.1) is 5.92 Å². The molecule has 5 nitrogen and oxygen atoms in total. The molecule has 1 aromatic rings. The first-order valence-corrected chi connectivity index (χ1v) is 8.11. The number of nitrogens with one attached hydrogen (secondary N) is 1. The van der Waals surface area contributed by atoms with Crippen molar-refractivity contribution in [1.82, 2.24) is 14.3 Å². The zero-order valence-corrected chi connectivity index (χ0v) is 11.9. The van der Waals surface area contributed by atoms with Crippen LogP contribution >= 0.6 is 11.6 Å². The lowest BCUT2D eigenvalue weighted by Gasteiger charge is -2.30. The second-order valence-corrected chi connectivity index (χ2v) is 6.77. The number of sulfonamides is 1. The van der Waals surface area contributed by atoms with Crippen LogP contribution in [0.2, 0.25) is 0 Å². The molecular formula is C11H18ClN3O2S. The molecule has 1 aliphatic carbocycles. The molecule has 1 heterocycles. The zero-order valence-electron chi connectivity index (χ0n) is 10.3. The molecule has 0 saturated heterocycles. The molecule has 0 radical (unpaired) electrons. The molecule has 7 heteroatoms. The largest absolute Gasteiger partial charge is 0.339 e. The van der Waals surface area contributed by atoms with Gasteiger partial charge in [-0.3, -0.25) is 0 Å². The third-order valence-corrected chi connectivity index (χ3v) is 5.14. The van der Waals surface area contributed by atoms with E-state index in [0.29, 0.717) is 5.88 Å². The Balaban J connectivity index is 2.12. The van der Waals surface area contributed by atoms with Gasteiger partial charge < -0.3 is 4.57 Å². The van der Waals surface area contributed by atoms with Gasteiger partial charge in [0.2, 0.25) is 0 Å². The van der Waals surface area contributed by atoms with E-state index in [1.54, 1.807) is 11.6 Å². The minimum Gasteiger partial charge on any atom is -0.339 e. The molecule has 1 aromatic heterocycles. The minimum atomic E-state index is -3.52. The summed E-state index contributed by atoms with van der Waals surface area (Å²) >= 11 is 5.90. The Morgan fingerprint density at radius 3 is 2.83 bits per heavy atom. The summed E-state index contributed by atoms with van der Waals surface area (Å²) in [6, 6.07) is -0.0664. The third kappa shape index (κ3) is 3.05. The summed E-state index contributed by atoms with van der Waals surface area (Å²) in [4.78, 5) is 3.88. The quantitative estimate of drug-likeness (QED) is 0.855. The molecule has 18 heavy (non-hydrogen) atoms. The molecule has 0 bridgehead atoms. The Morgan fingerprint density at radius 2 is 2.22 bits per heavy atom. The number of nitrogens with zero attached hydrogens (tertiary/aromatic N) is 2. The number of aryl methyl sites for hydroxylation is 1. The van der Waals surface area contributed by atoms with Gasteiger partial charge in [0.1, 0.15) is 0 Å². The lowest BCUT2D eigenvalue weighted by molar-refractivity contribution is 0.313. The topological polar surface area (TPSA) is 64.0 Å². The van der Waals surface area contributed by atoms with Crippen LogP contribution in [0.4, 0.5) is 0 Å². The summed E-state index contributed by atoms with van der Waals surface area (Å²) in [7, 11) is -1.78. The van der Waals surface area contributed by atoms with Crippen molar-refractivity contribution in [2.45, 2.75) is 36.8 Å². The molecule has 0 amide bonds. The predicted molar refractivity (Wildman–Crippen MR) is 70.0 cm³/mol. The molecule has 1 aliphatic rings. The molecule has 0 aliphatic heterocycles. The Hall–Kier alpha value is -0.590. The van der Waals surface area contributed by atoms with Crippen molar-refractivity contribution in [2.24, 2.45) is 13.0 Å². The number of aromatic nitrogens is 2. The summed E-state index contributed by atoms with van der Waals surface area (Å²) in [6.07, 6.45) is 6.99. The number of hydrogen-bond acceptors (Lipinski definition) is 3. The van der Waals surface area contributed by atoms with E-state index in [2.05, 4.69) is 9.71 Å². The fraction of sp³-hybridized carbons (Fsp3) is 0.727. The third-order valence-electron chi connectivity index (χ3n) is 3.37. The normalized spacial score (nSPS) is 25.2. The average Bonchev–Trinajstić information content (AvgIpc) is 2.77. The number of halogens is 1. The molecule has 0 aromatic carbocycles. The highest BCUT2D eigenvalue weighted by Gasteiger charge is 2.29. The van der Waals surface area contributed by atoms with Crippen LogP contribution in [-0.2, 0) is 17.1 Å². The number of rotatable bonds is 4. The highest BCUT2D eigenvalue weighted by molar-refractivity contribution is 7.89. The number of alkyl halides is 1. The molecule has 1 saturated carbocycles. The lowest BCUT2D eigenvalue weighted by Crippen LogP contribution is -2.42. The van der Waals surface area contributed by atoms with Gasteiger partial charge in [-0.25, -0.2) is 18.1 Å². The highest BCUT2D eigenvalue weighted by atomic mass is 35.5. The smallest absolute Gasteiger partial charge is 0.259 e. The van der Waals surface area contributed by atoms with Crippen molar-refractivity contribution in [2.75, 3.05) is 5.88 Å². The first-order valence-electron chi connectivity index (χ1n) is 6.09. The highest BCUT2D eigenvalue weighted by Crippen LogP contribution is 2.26. The van der Waals surface area contributed by atoms with E-state index in [9.17, 15) is 8.42 Å².